The summed E-state index contributed by atoms with van der Waals surface area (Å²) >= 11 is 0. The Labute approximate surface area is 186 Å². The molecule has 0 spiro atoms. The number of hydrogen-bond donors (Lipinski definition) is 2. The maximum Gasteiger partial charge on any atom is 0.0948 e. The first-order chi connectivity index (χ1) is 14.8. The molecule has 0 radical (unpaired) electrons. The number of hydrogen-bond acceptors (Lipinski definition) is 5. The summed E-state index contributed by atoms with van der Waals surface area (Å²) < 4.78 is 0. The smallest absolute Gasteiger partial charge is 0.0948 e. The molecule has 0 bridgehead atoms. The first-order valence-electron chi connectivity index (χ1n) is 12.3. The van der Waals surface area contributed by atoms with Gasteiger partial charge in [-0.1, -0.05) is 38.5 Å². The van der Waals surface area contributed by atoms with Crippen LogP contribution in [0.4, 0.5) is 5.69 Å². The van der Waals surface area contributed by atoms with Crippen LogP contribution >= 0.6 is 0 Å². The molecule has 4 aliphatic rings. The standard InChI is InChI=1S/C26H38N2O3/c1-25-13-4-3-5-18(25)6-8-20-21-9-11-24(26(21,2)14-12-22(20)25)27-16-17-15-19(28(30)31)7-10-23(17)29/h7,10,15-16,18,20-22,24,29-31H,3-6,8-9,11-14H2,1-2H3/p-1/t18-,20-,21+,22+,24-,25+,26-/m1/s1. The van der Waals surface area contributed by atoms with Crippen molar-refractivity contribution in [2.45, 2.75) is 84.1 Å². The van der Waals surface area contributed by atoms with Gasteiger partial charge in [0.2, 0.25) is 0 Å². The molecule has 5 rings (SSSR count). The molecular weight excluding hydrogens is 388 g/mol. The summed E-state index contributed by atoms with van der Waals surface area (Å²) in [6, 6.07) is 4.50. The van der Waals surface area contributed by atoms with Gasteiger partial charge in [0.15, 0.2) is 0 Å². The Kier molecular flexibility index (Phi) is 5.33. The van der Waals surface area contributed by atoms with E-state index in [2.05, 4.69) is 13.8 Å². The topological polar surface area (TPSA) is 79.1 Å². The molecule has 0 saturated heterocycles. The van der Waals surface area contributed by atoms with E-state index in [1.165, 1.54) is 76.0 Å². The van der Waals surface area contributed by atoms with Crippen LogP contribution in [0.1, 0.15) is 83.6 Å². The zero-order valence-corrected chi connectivity index (χ0v) is 19.0. The lowest BCUT2D eigenvalue weighted by atomic mass is 9.45. The summed E-state index contributed by atoms with van der Waals surface area (Å²) in [6.07, 6.45) is 15.2. The normalized spacial score (nSPS) is 42.1. The van der Waals surface area contributed by atoms with Gasteiger partial charge >= 0.3 is 0 Å². The number of anilines is 1. The first-order valence-corrected chi connectivity index (χ1v) is 12.3. The summed E-state index contributed by atoms with van der Waals surface area (Å²) in [5, 5.41) is 30.8. The van der Waals surface area contributed by atoms with Crippen LogP contribution in [0, 0.1) is 34.5 Å². The van der Waals surface area contributed by atoms with E-state index in [9.17, 15) is 15.5 Å². The minimum Gasteiger partial charge on any atom is -0.872 e. The van der Waals surface area contributed by atoms with Crippen molar-refractivity contribution in [2.75, 3.05) is 5.23 Å². The summed E-state index contributed by atoms with van der Waals surface area (Å²) in [7, 11) is 0. The number of rotatable bonds is 3. The molecular formula is C26H37N2O3-. The molecule has 1 aromatic carbocycles. The van der Waals surface area contributed by atoms with Crippen molar-refractivity contribution in [3.63, 3.8) is 0 Å². The Balaban J connectivity index is 1.36. The van der Waals surface area contributed by atoms with Gasteiger partial charge in [-0.05, 0) is 104 Å². The molecule has 0 unspecified atom stereocenters. The third kappa shape index (κ3) is 3.39. The molecule has 170 valence electrons. The molecule has 0 aromatic heterocycles. The van der Waals surface area contributed by atoms with E-state index in [-0.39, 0.29) is 28.1 Å². The maximum atomic E-state index is 12.2. The van der Waals surface area contributed by atoms with E-state index < -0.39 is 0 Å². The van der Waals surface area contributed by atoms with Crippen molar-refractivity contribution in [3.8, 4) is 5.75 Å². The lowest BCUT2D eigenvalue weighted by Gasteiger charge is -2.60. The van der Waals surface area contributed by atoms with Gasteiger partial charge < -0.3 is 5.11 Å². The van der Waals surface area contributed by atoms with Gasteiger partial charge in [0, 0.05) is 6.21 Å². The fourth-order valence-corrected chi connectivity index (χ4v) is 8.44. The lowest BCUT2D eigenvalue weighted by Crippen LogP contribution is -2.53. The average molecular weight is 426 g/mol. The van der Waals surface area contributed by atoms with Gasteiger partial charge in [-0.25, -0.2) is 0 Å². The molecule has 4 fully saturated rings. The van der Waals surface area contributed by atoms with Crippen molar-refractivity contribution >= 4 is 11.9 Å². The minimum absolute atomic E-state index is 0.0488. The number of aliphatic imine (C=N–C) groups is 1. The molecule has 7 atom stereocenters. The van der Waals surface area contributed by atoms with Crippen LogP contribution in [-0.4, -0.2) is 22.7 Å². The van der Waals surface area contributed by atoms with Crippen LogP contribution in [0.2, 0.25) is 0 Å². The Morgan fingerprint density at radius 3 is 2.58 bits per heavy atom. The van der Waals surface area contributed by atoms with E-state index in [0.29, 0.717) is 11.0 Å². The van der Waals surface area contributed by atoms with Gasteiger partial charge in [-0.15, -0.1) is 5.23 Å². The monoisotopic (exact) mass is 425 g/mol. The molecule has 5 nitrogen and oxygen atoms in total. The van der Waals surface area contributed by atoms with Crippen LogP contribution < -0.4 is 10.3 Å². The quantitative estimate of drug-likeness (QED) is 0.490. The van der Waals surface area contributed by atoms with Crippen LogP contribution in [0.5, 0.6) is 5.75 Å². The third-order valence-electron chi connectivity index (χ3n) is 10.2. The van der Waals surface area contributed by atoms with Crippen LogP contribution in [-0.2, 0) is 0 Å². The van der Waals surface area contributed by atoms with E-state index in [4.69, 9.17) is 4.99 Å². The van der Waals surface area contributed by atoms with Crippen molar-refractivity contribution < 1.29 is 15.5 Å². The predicted octanol–water partition coefficient (Wildman–Crippen LogP) is 5.57. The SMILES string of the molecule is C[C@]12CCCC[C@@H]1CC[C@H]1[C@@H]2CC[C@@]2(C)[C@H](N=Cc3cc(N(O)O)ccc3[O-])CC[C@@H]12. The highest BCUT2D eigenvalue weighted by molar-refractivity contribution is 5.85. The van der Waals surface area contributed by atoms with Crippen LogP contribution in [0.3, 0.4) is 0 Å². The maximum absolute atomic E-state index is 12.2. The highest BCUT2D eigenvalue weighted by atomic mass is 16.8. The number of benzene rings is 1. The summed E-state index contributed by atoms with van der Waals surface area (Å²) in [4.78, 5) is 4.94. The van der Waals surface area contributed by atoms with Gasteiger partial charge in [0.05, 0.1) is 11.7 Å². The van der Waals surface area contributed by atoms with Gasteiger partial charge in [0.25, 0.3) is 0 Å². The van der Waals surface area contributed by atoms with Crippen molar-refractivity contribution in [2.24, 2.45) is 39.5 Å². The van der Waals surface area contributed by atoms with Crippen molar-refractivity contribution in [3.05, 3.63) is 23.8 Å². The third-order valence-corrected chi connectivity index (χ3v) is 10.2. The average Bonchev–Trinajstić information content (AvgIpc) is 3.09. The Morgan fingerprint density at radius 1 is 0.968 bits per heavy atom. The molecule has 1 aromatic rings. The van der Waals surface area contributed by atoms with Crippen LogP contribution in [0.25, 0.3) is 0 Å². The second-order valence-corrected chi connectivity index (χ2v) is 11.3. The van der Waals surface area contributed by atoms with E-state index in [1.807, 2.05) is 0 Å². The fraction of sp³-hybridized carbons (Fsp3) is 0.731. The molecule has 0 amide bonds. The minimum atomic E-state index is -0.138. The lowest BCUT2D eigenvalue weighted by molar-refractivity contribution is -0.268. The molecule has 0 aliphatic heterocycles. The van der Waals surface area contributed by atoms with Crippen molar-refractivity contribution in [1.82, 2.24) is 0 Å². The zero-order chi connectivity index (χ0) is 21.8. The molecule has 0 heterocycles. The Bertz CT molecular complexity index is 855. The molecule has 31 heavy (non-hydrogen) atoms. The second-order valence-electron chi connectivity index (χ2n) is 11.3. The van der Waals surface area contributed by atoms with E-state index in [1.54, 1.807) is 6.21 Å². The van der Waals surface area contributed by atoms with E-state index in [0.717, 1.165) is 30.1 Å². The molecule has 5 heteroatoms. The van der Waals surface area contributed by atoms with Gasteiger partial charge in [-0.2, -0.15) is 0 Å². The fourth-order valence-electron chi connectivity index (χ4n) is 8.44. The molecule has 2 N–H and O–H groups in total. The largest absolute Gasteiger partial charge is 0.872 e. The highest BCUT2D eigenvalue weighted by Crippen LogP contribution is 2.66. The second kappa shape index (κ2) is 7.77. The summed E-state index contributed by atoms with van der Waals surface area (Å²) in [6.45, 7) is 5.07. The number of nitrogens with zero attached hydrogens (tertiary/aromatic N) is 2. The summed E-state index contributed by atoms with van der Waals surface area (Å²) in [5.41, 5.74) is 1.37. The Morgan fingerprint density at radius 2 is 1.77 bits per heavy atom. The van der Waals surface area contributed by atoms with Gasteiger partial charge in [0.1, 0.15) is 0 Å². The zero-order valence-electron chi connectivity index (χ0n) is 19.0. The number of fused-ring (bicyclic) bond motifs is 5. The van der Waals surface area contributed by atoms with Gasteiger partial charge in [-0.3, -0.25) is 15.4 Å². The highest BCUT2D eigenvalue weighted by Gasteiger charge is 2.59. The van der Waals surface area contributed by atoms with Crippen LogP contribution in [0.15, 0.2) is 23.2 Å². The van der Waals surface area contributed by atoms with E-state index >= 15 is 0 Å². The summed E-state index contributed by atoms with van der Waals surface area (Å²) in [5.74, 6) is 3.28. The molecule has 4 saturated carbocycles. The molecule has 4 aliphatic carbocycles. The Hall–Kier alpha value is -1.59. The first kappa shape index (κ1) is 21.3. The van der Waals surface area contributed by atoms with Crippen molar-refractivity contribution in [1.29, 1.82) is 0 Å². The predicted molar refractivity (Wildman–Crippen MR) is 120 cm³/mol.